The molecule has 108 heavy (non-hydrogen) atoms. The molecule has 0 aliphatic carbocycles. The summed E-state index contributed by atoms with van der Waals surface area (Å²) >= 11 is 0. The molecule has 19 heteroatoms. The van der Waals surface area contributed by atoms with Crippen molar-refractivity contribution in [3.05, 3.63) is 194 Å². The quantitative estimate of drug-likeness (QED) is 0.0169. The van der Waals surface area contributed by atoms with Crippen molar-refractivity contribution in [1.29, 1.82) is 0 Å². The molecule has 0 heterocycles. The summed E-state index contributed by atoms with van der Waals surface area (Å²) in [5.41, 5.74) is 0. The molecule has 17 nitrogen and oxygen atoms in total. The van der Waals surface area contributed by atoms with E-state index in [0.29, 0.717) is 25.7 Å². The van der Waals surface area contributed by atoms with E-state index in [4.69, 9.17) is 37.0 Å². The largest absolute Gasteiger partial charge is 0.472 e. The highest BCUT2D eigenvalue weighted by Gasteiger charge is 2.30. The van der Waals surface area contributed by atoms with E-state index in [-0.39, 0.29) is 25.7 Å². The number of phosphoric acid groups is 2. The Hall–Kier alpha value is -6.10. The fourth-order valence-electron chi connectivity index (χ4n) is 9.99. The molecular formula is C89H142O17P2. The van der Waals surface area contributed by atoms with E-state index < -0.39 is 97.5 Å². The predicted molar refractivity (Wildman–Crippen MR) is 445 cm³/mol. The number of esters is 4. The lowest BCUT2D eigenvalue weighted by Gasteiger charge is -2.21. The lowest BCUT2D eigenvalue weighted by atomic mass is 10.1. The molecule has 0 radical (unpaired) electrons. The molecule has 0 amide bonds. The third kappa shape index (κ3) is 78.0. The minimum absolute atomic E-state index is 0.0612. The van der Waals surface area contributed by atoms with E-state index in [1.807, 2.05) is 12.2 Å². The highest BCUT2D eigenvalue weighted by molar-refractivity contribution is 7.47. The zero-order valence-corrected chi connectivity index (χ0v) is 68.5. The highest BCUT2D eigenvalue weighted by atomic mass is 31.2. The predicted octanol–water partition coefficient (Wildman–Crippen LogP) is 24.1. The number of carbonyl (C=O) groups excluding carboxylic acids is 4. The van der Waals surface area contributed by atoms with Crippen LogP contribution >= 0.6 is 15.6 Å². The maximum absolute atomic E-state index is 13.1. The van der Waals surface area contributed by atoms with Crippen molar-refractivity contribution in [3.63, 3.8) is 0 Å². The van der Waals surface area contributed by atoms with Crippen LogP contribution in [-0.4, -0.2) is 96.7 Å². The van der Waals surface area contributed by atoms with Crippen molar-refractivity contribution in [2.45, 2.75) is 303 Å². The third-order valence-electron chi connectivity index (χ3n) is 16.1. The Labute approximate surface area is 653 Å². The molecule has 0 aliphatic heterocycles. The normalized spacial score (nSPS) is 14.8. The number of carbonyl (C=O) groups is 4. The molecule has 610 valence electrons. The molecule has 5 unspecified atom stereocenters. The number of rotatable bonds is 74. The number of hydrogen-bond donors (Lipinski definition) is 3. The smallest absolute Gasteiger partial charge is 0.462 e. The van der Waals surface area contributed by atoms with Crippen LogP contribution in [0.1, 0.15) is 285 Å². The first kappa shape index (κ1) is 102. The fourth-order valence-corrected chi connectivity index (χ4v) is 11.6. The van der Waals surface area contributed by atoms with Gasteiger partial charge in [0.1, 0.15) is 19.3 Å². The van der Waals surface area contributed by atoms with E-state index >= 15 is 0 Å². The Kier molecular flexibility index (Phi) is 74.5. The molecule has 5 atom stereocenters. The Morgan fingerprint density at radius 1 is 0.278 bits per heavy atom. The second-order valence-electron chi connectivity index (χ2n) is 26.2. The molecule has 0 spiro atoms. The zero-order chi connectivity index (χ0) is 78.9. The summed E-state index contributed by atoms with van der Waals surface area (Å²) in [6.07, 6.45) is 97.2. The molecule has 0 fully saturated rings. The van der Waals surface area contributed by atoms with Gasteiger partial charge in [-0.2, -0.15) is 0 Å². The van der Waals surface area contributed by atoms with Crippen LogP contribution in [0, 0.1) is 0 Å². The van der Waals surface area contributed by atoms with Crippen molar-refractivity contribution in [1.82, 2.24) is 0 Å². The maximum Gasteiger partial charge on any atom is 0.472 e. The number of phosphoric ester groups is 2. The van der Waals surface area contributed by atoms with Gasteiger partial charge in [0.2, 0.25) is 0 Å². The second-order valence-corrected chi connectivity index (χ2v) is 29.1. The summed E-state index contributed by atoms with van der Waals surface area (Å²) < 4.78 is 68.5. The average molecular weight is 1550 g/mol. The highest BCUT2D eigenvalue weighted by Crippen LogP contribution is 2.45. The van der Waals surface area contributed by atoms with Crippen LogP contribution in [0.5, 0.6) is 0 Å². The second kappa shape index (κ2) is 79.0. The van der Waals surface area contributed by atoms with E-state index in [0.717, 1.165) is 186 Å². The van der Waals surface area contributed by atoms with Crippen molar-refractivity contribution in [2.24, 2.45) is 0 Å². The van der Waals surface area contributed by atoms with Crippen LogP contribution in [0.4, 0.5) is 0 Å². The number of aliphatic hydroxyl groups is 1. The van der Waals surface area contributed by atoms with Gasteiger partial charge in [0.25, 0.3) is 0 Å². The first-order valence-corrected chi connectivity index (χ1v) is 43.7. The van der Waals surface area contributed by atoms with Gasteiger partial charge in [0.05, 0.1) is 32.8 Å². The van der Waals surface area contributed by atoms with Gasteiger partial charge in [-0.15, -0.1) is 0 Å². The topological polar surface area (TPSA) is 237 Å². The van der Waals surface area contributed by atoms with Gasteiger partial charge < -0.3 is 33.8 Å². The SMILES string of the molecule is CC/C=C\C/C=C\C/C=C\C/C=C\C/C=C\CCCCCC(=O)OCC(COP(=O)(O)OCC(O)COP(=O)(O)OCC(COC(=O)CCCCCCCC/C=C\C/C=C\C/C=C\C/C=C\CC)OC(=O)C/C=C\C/C=C\C/C=C\C/C=C\C/C=C\CC)OC(=O)CCCCCCC/C=C\C/C=C\CCCCC. The first-order chi connectivity index (χ1) is 52.7. The molecule has 0 saturated heterocycles. The zero-order valence-electron chi connectivity index (χ0n) is 66.7. The molecule has 0 aromatic carbocycles. The number of aliphatic hydroxyl groups excluding tert-OH is 1. The Balaban J connectivity index is 5.50. The molecule has 0 bridgehead atoms. The number of allylic oxidation sites excluding steroid dienone is 31. The van der Waals surface area contributed by atoms with E-state index in [1.54, 1.807) is 12.2 Å². The third-order valence-corrected chi connectivity index (χ3v) is 18.0. The molecule has 0 aromatic heterocycles. The van der Waals surface area contributed by atoms with E-state index in [1.165, 1.54) is 19.3 Å². The lowest BCUT2D eigenvalue weighted by Crippen LogP contribution is -2.30. The molecule has 3 N–H and O–H groups in total. The Bertz CT molecular complexity index is 2810. The van der Waals surface area contributed by atoms with Crippen LogP contribution in [0.3, 0.4) is 0 Å². The molecular weight excluding hydrogens is 1400 g/mol. The Morgan fingerprint density at radius 2 is 0.519 bits per heavy atom. The summed E-state index contributed by atoms with van der Waals surface area (Å²) in [6.45, 7) is 4.30. The minimum atomic E-state index is -5.02. The van der Waals surface area contributed by atoms with E-state index in [9.17, 15) is 43.2 Å². The van der Waals surface area contributed by atoms with Crippen molar-refractivity contribution in [2.75, 3.05) is 39.6 Å². The van der Waals surface area contributed by atoms with Gasteiger partial charge in [0.15, 0.2) is 12.2 Å². The first-order valence-electron chi connectivity index (χ1n) is 40.7. The molecule has 0 saturated carbocycles. The standard InChI is InChI=1S/C89H142O17P2/c1-5-9-13-17-21-25-29-33-37-39-41-43-47-49-53-57-61-65-69-73-86(91)99-79-84(105-88(93)75-71-67-63-59-55-51-45-35-31-27-23-19-15-11-7-3)81-103-107(95,96)101-77-83(90)78-102-108(97,98)104-82-85(106-89(94)76-72-68-64-60-56-52-46-36-32-28-24-20-16-12-8-4)80-100-87(92)74-70-66-62-58-54-50-48-44-42-40-38-34-30-26-22-18-14-10-6-2/h9-11,13-15,21-28,33-38,41-46,50,54-55,59,67,71,83-85,90H,5-8,12,16-20,29-32,39-40,47-49,51-53,56-58,60-66,68-70,72-82H2,1-4H3,(H,95,96)(H,97,98)/b13-9-,14-10-,15-11-,25-21-,26-22-,27-23-,28-24-,37-33-,38-34-,43-41-,44-42-,45-35-,46-36-,54-50-,59-55-,71-67-. The summed E-state index contributed by atoms with van der Waals surface area (Å²) in [6, 6.07) is 0. The summed E-state index contributed by atoms with van der Waals surface area (Å²) in [4.78, 5) is 73.1. The van der Waals surface area contributed by atoms with Crippen molar-refractivity contribution >= 4 is 39.5 Å². The van der Waals surface area contributed by atoms with Gasteiger partial charge in [0, 0.05) is 19.3 Å². The van der Waals surface area contributed by atoms with Crippen molar-refractivity contribution < 1.29 is 80.2 Å². The van der Waals surface area contributed by atoms with Gasteiger partial charge in [-0.05, 0) is 167 Å². The average Bonchev–Trinajstić information content (AvgIpc) is 0.923. The fraction of sp³-hybridized carbons (Fsp3) is 0.596. The van der Waals surface area contributed by atoms with Crippen LogP contribution in [0.15, 0.2) is 194 Å². The number of ether oxygens (including phenoxy) is 4. The van der Waals surface area contributed by atoms with Crippen LogP contribution in [-0.2, 0) is 65.4 Å². The van der Waals surface area contributed by atoms with Crippen molar-refractivity contribution in [3.8, 4) is 0 Å². The van der Waals surface area contributed by atoms with E-state index in [2.05, 4.69) is 198 Å². The molecule has 0 rings (SSSR count). The number of hydrogen-bond acceptors (Lipinski definition) is 15. The maximum atomic E-state index is 13.1. The summed E-state index contributed by atoms with van der Waals surface area (Å²) in [7, 11) is -10.0. The van der Waals surface area contributed by atoms with Gasteiger partial charge in [-0.1, -0.05) is 286 Å². The monoisotopic (exact) mass is 1540 g/mol. The Morgan fingerprint density at radius 3 is 0.833 bits per heavy atom. The van der Waals surface area contributed by atoms with Crippen LogP contribution < -0.4 is 0 Å². The molecule has 0 aromatic rings. The summed E-state index contributed by atoms with van der Waals surface area (Å²) in [5, 5.41) is 10.7. The lowest BCUT2D eigenvalue weighted by molar-refractivity contribution is -0.161. The number of unbranched alkanes of at least 4 members (excludes halogenated alkanes) is 17. The van der Waals surface area contributed by atoms with Gasteiger partial charge >= 0.3 is 39.5 Å². The summed E-state index contributed by atoms with van der Waals surface area (Å²) in [5.74, 6) is -2.41. The molecule has 0 aliphatic rings. The van der Waals surface area contributed by atoms with Gasteiger partial charge in [-0.25, -0.2) is 9.13 Å². The van der Waals surface area contributed by atoms with Crippen LogP contribution in [0.25, 0.3) is 0 Å². The van der Waals surface area contributed by atoms with Crippen LogP contribution in [0.2, 0.25) is 0 Å². The minimum Gasteiger partial charge on any atom is -0.462 e. The van der Waals surface area contributed by atoms with Gasteiger partial charge in [-0.3, -0.25) is 37.3 Å².